The van der Waals surface area contributed by atoms with E-state index in [-0.39, 0.29) is 6.61 Å². The Kier molecular flexibility index (Phi) is 7.24. The summed E-state index contributed by atoms with van der Waals surface area (Å²) in [7, 11) is 0. The molecule has 0 spiro atoms. The fraction of sp³-hybridized carbons (Fsp3) is 0.600. The van der Waals surface area contributed by atoms with Gasteiger partial charge in [-0.15, -0.1) is 0 Å². The molecule has 0 unspecified atom stereocenters. The van der Waals surface area contributed by atoms with Crippen molar-refractivity contribution in [1.29, 1.82) is 0 Å². The van der Waals surface area contributed by atoms with Crippen molar-refractivity contribution in [1.82, 2.24) is 0 Å². The number of benzene rings is 1. The van der Waals surface area contributed by atoms with E-state index in [0.29, 0.717) is 24.9 Å². The summed E-state index contributed by atoms with van der Waals surface area (Å²) in [6.07, 6.45) is 2.17. The average molecular weight is 331 g/mol. The van der Waals surface area contributed by atoms with Gasteiger partial charge in [-0.1, -0.05) is 13.8 Å². The van der Waals surface area contributed by atoms with Crippen LogP contribution in [0.1, 0.15) is 39.2 Å². The second kappa shape index (κ2) is 8.43. The quantitative estimate of drug-likeness (QED) is 0.727. The molecule has 0 atom stereocenters. The van der Waals surface area contributed by atoms with Gasteiger partial charge in [-0.3, -0.25) is 0 Å². The molecule has 0 aliphatic heterocycles. The van der Waals surface area contributed by atoms with Crippen LogP contribution in [0.15, 0.2) is 16.6 Å². The summed E-state index contributed by atoms with van der Waals surface area (Å²) in [5.74, 6) is 2.10. The minimum atomic E-state index is -0.00764. The third-order valence-electron chi connectivity index (χ3n) is 2.72. The van der Waals surface area contributed by atoms with Crippen molar-refractivity contribution in [3.05, 3.63) is 22.2 Å². The smallest absolute Gasteiger partial charge is 0.175 e. The van der Waals surface area contributed by atoms with Crippen LogP contribution >= 0.6 is 15.9 Å². The molecule has 108 valence electrons. The van der Waals surface area contributed by atoms with Crippen LogP contribution in [0.4, 0.5) is 0 Å². The molecule has 0 radical (unpaired) electrons. The maximum atomic E-state index is 9.20. The standard InChI is InChI=1S/C15H23BrO3/c1-4-18-14-9-12(10-17)8-13(16)15(14)19-7-5-6-11(2)3/h8-9,11,17H,4-7,10H2,1-3H3. The third-order valence-corrected chi connectivity index (χ3v) is 3.31. The Labute approximate surface area is 124 Å². The van der Waals surface area contributed by atoms with E-state index in [1.165, 1.54) is 0 Å². The summed E-state index contributed by atoms with van der Waals surface area (Å²) in [5.41, 5.74) is 0.810. The molecule has 1 N–H and O–H groups in total. The molecule has 4 heteroatoms. The number of hydrogen-bond donors (Lipinski definition) is 1. The molecular formula is C15H23BrO3. The van der Waals surface area contributed by atoms with Gasteiger partial charge < -0.3 is 14.6 Å². The van der Waals surface area contributed by atoms with E-state index >= 15 is 0 Å². The Hall–Kier alpha value is -0.740. The largest absolute Gasteiger partial charge is 0.490 e. The highest BCUT2D eigenvalue weighted by Crippen LogP contribution is 2.37. The summed E-state index contributed by atoms with van der Waals surface area (Å²) in [6, 6.07) is 3.69. The van der Waals surface area contributed by atoms with E-state index < -0.39 is 0 Å². The first-order chi connectivity index (χ1) is 9.08. The maximum absolute atomic E-state index is 9.20. The molecule has 0 bridgehead atoms. The molecule has 1 rings (SSSR count). The Balaban J connectivity index is 2.74. The van der Waals surface area contributed by atoms with Crippen molar-refractivity contribution in [2.24, 2.45) is 5.92 Å². The zero-order chi connectivity index (χ0) is 14.3. The lowest BCUT2D eigenvalue weighted by molar-refractivity contribution is 0.260. The van der Waals surface area contributed by atoms with E-state index in [0.717, 1.165) is 28.6 Å². The van der Waals surface area contributed by atoms with Crippen molar-refractivity contribution in [2.75, 3.05) is 13.2 Å². The number of aliphatic hydroxyl groups is 1. The van der Waals surface area contributed by atoms with Gasteiger partial charge in [-0.2, -0.15) is 0 Å². The third kappa shape index (κ3) is 5.41. The maximum Gasteiger partial charge on any atom is 0.175 e. The lowest BCUT2D eigenvalue weighted by Crippen LogP contribution is -2.03. The molecule has 0 aliphatic rings. The predicted octanol–water partition coefficient (Wildman–Crippen LogP) is 4.16. The van der Waals surface area contributed by atoms with E-state index in [2.05, 4.69) is 29.8 Å². The Morgan fingerprint density at radius 1 is 1.26 bits per heavy atom. The highest BCUT2D eigenvalue weighted by Gasteiger charge is 2.12. The fourth-order valence-corrected chi connectivity index (χ4v) is 2.39. The first-order valence-electron chi connectivity index (χ1n) is 6.77. The summed E-state index contributed by atoms with van der Waals surface area (Å²) < 4.78 is 12.2. The van der Waals surface area contributed by atoms with Gasteiger partial charge in [0.15, 0.2) is 11.5 Å². The number of hydrogen-bond acceptors (Lipinski definition) is 3. The molecule has 0 heterocycles. The SMILES string of the molecule is CCOc1cc(CO)cc(Br)c1OCCCC(C)C. The molecular weight excluding hydrogens is 308 g/mol. The summed E-state index contributed by atoms with van der Waals surface area (Å²) in [4.78, 5) is 0. The molecule has 19 heavy (non-hydrogen) atoms. The van der Waals surface area contributed by atoms with Crippen LogP contribution in [0.3, 0.4) is 0 Å². The molecule has 1 aromatic rings. The Morgan fingerprint density at radius 2 is 2.00 bits per heavy atom. The molecule has 3 nitrogen and oxygen atoms in total. The molecule has 0 aromatic heterocycles. The normalized spacial score (nSPS) is 10.8. The topological polar surface area (TPSA) is 38.7 Å². The monoisotopic (exact) mass is 330 g/mol. The number of aliphatic hydroxyl groups excluding tert-OH is 1. The lowest BCUT2D eigenvalue weighted by Gasteiger charge is -2.15. The second-order valence-electron chi connectivity index (χ2n) is 4.88. The number of halogens is 1. The summed E-state index contributed by atoms with van der Waals surface area (Å²) >= 11 is 3.47. The van der Waals surface area contributed by atoms with E-state index in [9.17, 15) is 5.11 Å². The average Bonchev–Trinajstić information content (AvgIpc) is 2.36. The lowest BCUT2D eigenvalue weighted by atomic mass is 10.1. The van der Waals surface area contributed by atoms with Crippen molar-refractivity contribution >= 4 is 15.9 Å². The Bertz CT molecular complexity index is 391. The first kappa shape index (κ1) is 16.3. The van der Waals surface area contributed by atoms with Gasteiger partial charge in [0.1, 0.15) is 0 Å². The van der Waals surface area contributed by atoms with E-state index in [1.54, 1.807) is 0 Å². The van der Waals surface area contributed by atoms with Crippen LogP contribution in [0.5, 0.6) is 11.5 Å². The molecule has 0 saturated heterocycles. The van der Waals surface area contributed by atoms with E-state index in [4.69, 9.17) is 9.47 Å². The van der Waals surface area contributed by atoms with Crippen LogP contribution in [-0.4, -0.2) is 18.3 Å². The van der Waals surface area contributed by atoms with Crippen molar-refractivity contribution in [3.63, 3.8) is 0 Å². The van der Waals surface area contributed by atoms with Crippen molar-refractivity contribution < 1.29 is 14.6 Å². The van der Waals surface area contributed by atoms with Gasteiger partial charge in [0.05, 0.1) is 24.3 Å². The van der Waals surface area contributed by atoms with Crippen LogP contribution in [-0.2, 0) is 6.61 Å². The summed E-state index contributed by atoms with van der Waals surface area (Å²) in [5, 5.41) is 9.20. The highest BCUT2D eigenvalue weighted by molar-refractivity contribution is 9.10. The van der Waals surface area contributed by atoms with Crippen molar-refractivity contribution in [3.8, 4) is 11.5 Å². The second-order valence-corrected chi connectivity index (χ2v) is 5.73. The minimum Gasteiger partial charge on any atom is -0.490 e. The van der Waals surface area contributed by atoms with Gasteiger partial charge in [-0.05, 0) is 59.3 Å². The van der Waals surface area contributed by atoms with Crippen molar-refractivity contribution in [2.45, 2.75) is 40.2 Å². The van der Waals surface area contributed by atoms with Gasteiger partial charge in [0.2, 0.25) is 0 Å². The highest BCUT2D eigenvalue weighted by atomic mass is 79.9. The van der Waals surface area contributed by atoms with Gasteiger partial charge >= 0.3 is 0 Å². The van der Waals surface area contributed by atoms with E-state index in [1.807, 2.05) is 19.1 Å². The zero-order valence-corrected chi connectivity index (χ0v) is 13.5. The first-order valence-corrected chi connectivity index (χ1v) is 7.56. The molecule has 0 aliphatic carbocycles. The van der Waals surface area contributed by atoms with Crippen LogP contribution < -0.4 is 9.47 Å². The molecule has 1 aromatic carbocycles. The van der Waals surface area contributed by atoms with Crippen LogP contribution in [0.25, 0.3) is 0 Å². The van der Waals surface area contributed by atoms with Gasteiger partial charge in [-0.25, -0.2) is 0 Å². The number of rotatable bonds is 8. The predicted molar refractivity (Wildman–Crippen MR) is 80.8 cm³/mol. The molecule has 0 saturated carbocycles. The molecule has 0 fully saturated rings. The minimum absolute atomic E-state index is 0.00764. The number of ether oxygens (including phenoxy) is 2. The summed E-state index contributed by atoms with van der Waals surface area (Å²) in [6.45, 7) is 7.59. The molecule has 0 amide bonds. The van der Waals surface area contributed by atoms with Crippen LogP contribution in [0, 0.1) is 5.92 Å². The van der Waals surface area contributed by atoms with Crippen LogP contribution in [0.2, 0.25) is 0 Å². The zero-order valence-electron chi connectivity index (χ0n) is 11.9. The fourth-order valence-electron chi connectivity index (χ4n) is 1.78. The van der Waals surface area contributed by atoms with Gasteiger partial charge in [0.25, 0.3) is 0 Å². The Morgan fingerprint density at radius 3 is 2.58 bits per heavy atom. The van der Waals surface area contributed by atoms with Gasteiger partial charge in [0, 0.05) is 0 Å².